The Morgan fingerprint density at radius 2 is 1.59 bits per heavy atom. The maximum atomic E-state index is 13.1. The van der Waals surface area contributed by atoms with Crippen LogP contribution in [0.15, 0.2) is 72.9 Å². The normalized spacial score (nSPS) is 10.6. The van der Waals surface area contributed by atoms with E-state index in [2.05, 4.69) is 12.2 Å². The Hall–Kier alpha value is -4.46. The van der Waals surface area contributed by atoms with Crippen LogP contribution in [0.3, 0.4) is 0 Å². The molecule has 8 heteroatoms. The molecular formula is C29H31N3O5. The van der Waals surface area contributed by atoms with Gasteiger partial charge in [-0.05, 0) is 55.0 Å². The molecule has 1 N–H and O–H groups in total. The molecule has 4 rings (SSSR count). The van der Waals surface area contributed by atoms with Crippen LogP contribution in [0, 0.1) is 0 Å². The molecule has 0 atom stereocenters. The number of benzene rings is 3. The number of carbonyl (C=O) groups excluding carboxylic acids is 1. The van der Waals surface area contributed by atoms with Gasteiger partial charge in [0.1, 0.15) is 5.75 Å². The van der Waals surface area contributed by atoms with E-state index in [0.29, 0.717) is 29.4 Å². The Balaban J connectivity index is 1.62. The third-order valence-electron chi connectivity index (χ3n) is 5.78. The first-order valence-corrected chi connectivity index (χ1v) is 12.0. The molecule has 0 unspecified atom stereocenters. The summed E-state index contributed by atoms with van der Waals surface area (Å²) in [6.07, 6.45) is 2.88. The van der Waals surface area contributed by atoms with E-state index in [4.69, 9.17) is 24.0 Å². The van der Waals surface area contributed by atoms with Crippen LogP contribution in [-0.2, 0) is 6.54 Å². The summed E-state index contributed by atoms with van der Waals surface area (Å²) in [4.78, 5) is 13.1. The summed E-state index contributed by atoms with van der Waals surface area (Å²) in [6.45, 7) is 3.01. The largest absolute Gasteiger partial charge is 0.494 e. The summed E-state index contributed by atoms with van der Waals surface area (Å²) in [5.41, 5.74) is 3.89. The summed E-state index contributed by atoms with van der Waals surface area (Å²) < 4.78 is 23.7. The average Bonchev–Trinajstić information content (AvgIpc) is 3.38. The van der Waals surface area contributed by atoms with Crippen molar-refractivity contribution in [3.63, 3.8) is 0 Å². The molecule has 37 heavy (non-hydrogen) atoms. The Morgan fingerprint density at radius 1 is 0.919 bits per heavy atom. The average molecular weight is 502 g/mol. The third kappa shape index (κ3) is 5.86. The Labute approximate surface area is 216 Å². The highest BCUT2D eigenvalue weighted by Crippen LogP contribution is 2.38. The molecule has 4 aromatic rings. The number of nitrogens with zero attached hydrogens (tertiary/aromatic N) is 2. The molecule has 0 bridgehead atoms. The van der Waals surface area contributed by atoms with Gasteiger partial charge in [-0.2, -0.15) is 5.10 Å². The van der Waals surface area contributed by atoms with Crippen molar-refractivity contribution in [1.82, 2.24) is 15.1 Å². The van der Waals surface area contributed by atoms with E-state index in [-0.39, 0.29) is 12.5 Å². The van der Waals surface area contributed by atoms with Crippen molar-refractivity contribution in [2.45, 2.75) is 19.9 Å². The molecular weight excluding hydrogens is 470 g/mol. The summed E-state index contributed by atoms with van der Waals surface area (Å²) >= 11 is 0. The molecule has 0 fully saturated rings. The lowest BCUT2D eigenvalue weighted by molar-refractivity contribution is 0.0950. The van der Waals surface area contributed by atoms with E-state index >= 15 is 0 Å². The van der Waals surface area contributed by atoms with Crippen LogP contribution < -0.4 is 24.3 Å². The van der Waals surface area contributed by atoms with Crippen molar-refractivity contribution in [2.75, 3.05) is 27.9 Å². The van der Waals surface area contributed by atoms with Gasteiger partial charge in [-0.25, -0.2) is 4.68 Å². The number of amides is 1. The highest BCUT2D eigenvalue weighted by molar-refractivity contribution is 5.95. The van der Waals surface area contributed by atoms with Crippen LogP contribution in [-0.4, -0.2) is 43.6 Å². The van der Waals surface area contributed by atoms with Crippen molar-refractivity contribution >= 4 is 5.91 Å². The van der Waals surface area contributed by atoms with Gasteiger partial charge >= 0.3 is 0 Å². The first-order valence-electron chi connectivity index (χ1n) is 12.0. The van der Waals surface area contributed by atoms with Gasteiger partial charge in [0.15, 0.2) is 11.5 Å². The zero-order chi connectivity index (χ0) is 26.2. The molecule has 0 saturated carbocycles. The summed E-state index contributed by atoms with van der Waals surface area (Å²) in [5, 5.41) is 7.84. The van der Waals surface area contributed by atoms with Gasteiger partial charge in [0.05, 0.1) is 39.3 Å². The van der Waals surface area contributed by atoms with Crippen molar-refractivity contribution in [2.24, 2.45) is 0 Å². The minimum atomic E-state index is -0.277. The van der Waals surface area contributed by atoms with E-state index in [1.165, 1.54) is 21.3 Å². The topological polar surface area (TPSA) is 83.8 Å². The zero-order valence-corrected chi connectivity index (χ0v) is 21.5. The van der Waals surface area contributed by atoms with Crippen molar-refractivity contribution in [1.29, 1.82) is 0 Å². The second kappa shape index (κ2) is 12.0. The van der Waals surface area contributed by atoms with Gasteiger partial charge in [0.2, 0.25) is 5.75 Å². The van der Waals surface area contributed by atoms with Gasteiger partial charge in [-0.3, -0.25) is 4.79 Å². The monoisotopic (exact) mass is 501 g/mol. The molecule has 8 nitrogen and oxygen atoms in total. The molecule has 192 valence electrons. The van der Waals surface area contributed by atoms with Crippen LogP contribution in [0.25, 0.3) is 16.9 Å². The van der Waals surface area contributed by atoms with Gasteiger partial charge < -0.3 is 24.3 Å². The van der Waals surface area contributed by atoms with E-state index in [0.717, 1.165) is 34.7 Å². The Morgan fingerprint density at radius 3 is 2.19 bits per heavy atom. The molecule has 0 aliphatic heterocycles. The van der Waals surface area contributed by atoms with E-state index < -0.39 is 0 Å². The molecule has 0 aliphatic rings. The number of rotatable bonds is 11. The third-order valence-corrected chi connectivity index (χ3v) is 5.78. The number of para-hydroxylation sites is 1. The molecule has 0 spiro atoms. The maximum Gasteiger partial charge on any atom is 0.251 e. The Kier molecular flexibility index (Phi) is 8.30. The smallest absolute Gasteiger partial charge is 0.251 e. The van der Waals surface area contributed by atoms with Crippen LogP contribution in [0.2, 0.25) is 0 Å². The first-order chi connectivity index (χ1) is 18.1. The molecule has 1 amide bonds. The quantitative estimate of drug-likeness (QED) is 0.301. The maximum absolute atomic E-state index is 13.1. The predicted octanol–water partition coefficient (Wildman–Crippen LogP) is 5.28. The lowest BCUT2D eigenvalue weighted by Gasteiger charge is -2.14. The molecule has 3 aromatic carbocycles. The minimum absolute atomic E-state index is 0.270. The van der Waals surface area contributed by atoms with Crippen LogP contribution in [0.5, 0.6) is 23.0 Å². The second-order valence-electron chi connectivity index (χ2n) is 8.25. The molecule has 1 aromatic heterocycles. The minimum Gasteiger partial charge on any atom is -0.494 e. The predicted molar refractivity (Wildman–Crippen MR) is 142 cm³/mol. The molecule has 0 radical (unpaired) electrons. The number of carbonyl (C=O) groups is 1. The highest BCUT2D eigenvalue weighted by atomic mass is 16.5. The fourth-order valence-corrected chi connectivity index (χ4v) is 3.91. The molecule has 0 saturated heterocycles. The SMILES string of the molecule is CCCOc1ccc(-c2nn(-c3ccccc3)cc2CNC(=O)c2cc(OC)c(OC)c(OC)c2)cc1. The number of hydrogen-bond donors (Lipinski definition) is 1. The number of hydrogen-bond acceptors (Lipinski definition) is 6. The number of aromatic nitrogens is 2. The van der Waals surface area contributed by atoms with Crippen LogP contribution in [0.4, 0.5) is 0 Å². The summed E-state index contributed by atoms with van der Waals surface area (Å²) in [5.74, 6) is 1.79. The molecule has 0 aliphatic carbocycles. The van der Waals surface area contributed by atoms with E-state index in [1.54, 1.807) is 12.1 Å². The standard InChI is InChI=1S/C29H31N3O5/c1-5-15-37-24-13-11-20(12-14-24)27-22(19-32(31-27)23-9-7-6-8-10-23)18-30-29(33)21-16-25(34-2)28(36-4)26(17-21)35-3/h6-14,16-17,19H,5,15,18H2,1-4H3,(H,30,33). The first kappa shape index (κ1) is 25.6. The lowest BCUT2D eigenvalue weighted by Crippen LogP contribution is -2.23. The van der Waals surface area contributed by atoms with Crippen molar-refractivity contribution in [3.05, 3.63) is 84.1 Å². The van der Waals surface area contributed by atoms with Gasteiger partial charge in [0, 0.05) is 29.4 Å². The fraction of sp³-hybridized carbons (Fsp3) is 0.241. The van der Waals surface area contributed by atoms with Crippen LogP contribution in [0.1, 0.15) is 29.3 Å². The van der Waals surface area contributed by atoms with E-state index in [1.807, 2.05) is 65.5 Å². The number of methoxy groups -OCH3 is 3. The number of nitrogens with one attached hydrogen (secondary N) is 1. The van der Waals surface area contributed by atoms with Gasteiger partial charge in [0.25, 0.3) is 5.91 Å². The zero-order valence-electron chi connectivity index (χ0n) is 21.5. The Bertz CT molecular complexity index is 1310. The van der Waals surface area contributed by atoms with Crippen molar-refractivity contribution < 1.29 is 23.7 Å². The van der Waals surface area contributed by atoms with E-state index in [9.17, 15) is 4.79 Å². The van der Waals surface area contributed by atoms with Crippen molar-refractivity contribution in [3.8, 4) is 39.9 Å². The second-order valence-corrected chi connectivity index (χ2v) is 8.25. The fourth-order valence-electron chi connectivity index (χ4n) is 3.91. The lowest BCUT2D eigenvalue weighted by atomic mass is 10.1. The van der Waals surface area contributed by atoms with Gasteiger partial charge in [-0.1, -0.05) is 25.1 Å². The van der Waals surface area contributed by atoms with Crippen LogP contribution >= 0.6 is 0 Å². The molecule has 1 heterocycles. The number of ether oxygens (including phenoxy) is 4. The highest BCUT2D eigenvalue weighted by Gasteiger charge is 2.18. The summed E-state index contributed by atoms with van der Waals surface area (Å²) in [7, 11) is 4.55. The summed E-state index contributed by atoms with van der Waals surface area (Å²) in [6, 6.07) is 20.9. The van der Waals surface area contributed by atoms with Gasteiger partial charge in [-0.15, -0.1) is 0 Å².